The second-order valence-corrected chi connectivity index (χ2v) is 5.44. The van der Waals surface area contributed by atoms with Gasteiger partial charge in [0.25, 0.3) is 0 Å². The summed E-state index contributed by atoms with van der Waals surface area (Å²) in [5.41, 5.74) is 2.63. The molecule has 1 aromatic rings. The van der Waals surface area contributed by atoms with Crippen LogP contribution in [0.2, 0.25) is 0 Å². The lowest BCUT2D eigenvalue weighted by molar-refractivity contribution is -0.122. The lowest BCUT2D eigenvalue weighted by Crippen LogP contribution is -2.37. The van der Waals surface area contributed by atoms with Crippen LogP contribution in [-0.2, 0) is 20.8 Å². The average Bonchev–Trinajstić information content (AvgIpc) is 2.90. The first-order chi connectivity index (χ1) is 10.0. The molecule has 110 valence electrons. The van der Waals surface area contributed by atoms with Crippen molar-refractivity contribution in [3.05, 3.63) is 23.8 Å². The highest BCUT2D eigenvalue weighted by Gasteiger charge is 2.27. The summed E-state index contributed by atoms with van der Waals surface area (Å²) in [5, 5.41) is 5.47. The van der Waals surface area contributed by atoms with Crippen molar-refractivity contribution in [1.29, 1.82) is 0 Å². The number of carbonyl (C=O) groups excluding carboxylic acids is 3. The van der Waals surface area contributed by atoms with E-state index in [0.29, 0.717) is 31.4 Å². The minimum Gasteiger partial charge on any atom is -0.344 e. The number of anilines is 2. The quantitative estimate of drug-likeness (QED) is 0.845. The van der Waals surface area contributed by atoms with Crippen molar-refractivity contribution in [2.75, 3.05) is 17.3 Å². The third-order valence-electron chi connectivity index (χ3n) is 4.00. The average molecular weight is 287 g/mol. The van der Waals surface area contributed by atoms with Gasteiger partial charge >= 0.3 is 0 Å². The highest BCUT2D eigenvalue weighted by molar-refractivity contribution is 6.00. The molecule has 0 aliphatic carbocycles. The van der Waals surface area contributed by atoms with Gasteiger partial charge in [-0.3, -0.25) is 14.4 Å². The van der Waals surface area contributed by atoms with E-state index in [1.807, 2.05) is 12.1 Å². The Labute approximate surface area is 122 Å². The number of hydrogen-bond acceptors (Lipinski definition) is 3. The van der Waals surface area contributed by atoms with E-state index in [9.17, 15) is 14.4 Å². The number of nitrogens with one attached hydrogen (secondary N) is 2. The first-order valence-electron chi connectivity index (χ1n) is 7.04. The molecule has 1 saturated heterocycles. The van der Waals surface area contributed by atoms with Gasteiger partial charge in [0.2, 0.25) is 17.7 Å². The van der Waals surface area contributed by atoms with Crippen LogP contribution in [-0.4, -0.2) is 30.8 Å². The van der Waals surface area contributed by atoms with Crippen LogP contribution in [0.5, 0.6) is 0 Å². The van der Waals surface area contributed by atoms with Crippen LogP contribution >= 0.6 is 0 Å². The molecule has 2 heterocycles. The number of nitrogens with zero attached hydrogens (tertiary/aromatic N) is 1. The molecule has 0 aromatic heterocycles. The summed E-state index contributed by atoms with van der Waals surface area (Å²) in [5.74, 6) is -0.172. The van der Waals surface area contributed by atoms with Crippen molar-refractivity contribution in [1.82, 2.24) is 5.32 Å². The highest BCUT2D eigenvalue weighted by atomic mass is 16.2. The summed E-state index contributed by atoms with van der Waals surface area (Å²) in [7, 11) is 1.76. The van der Waals surface area contributed by atoms with Crippen molar-refractivity contribution < 1.29 is 14.4 Å². The largest absolute Gasteiger partial charge is 0.344 e. The number of aryl methyl sites for hydroxylation is 1. The van der Waals surface area contributed by atoms with Crippen LogP contribution < -0.4 is 15.5 Å². The Kier molecular flexibility index (Phi) is 3.37. The normalized spacial score (nSPS) is 21.0. The molecule has 3 rings (SSSR count). The standard InChI is InChI=1S/C15H17N3O3/c1-18-12-5-3-10(8-9(12)2-7-14(18)20)16-15(21)11-4-6-13(19)17-11/h3,5,8,11H,2,4,6-7H2,1H3,(H,16,21)(H,17,19). The van der Waals surface area contributed by atoms with Crippen LogP contribution in [0.15, 0.2) is 18.2 Å². The molecular weight excluding hydrogens is 270 g/mol. The number of hydrogen-bond donors (Lipinski definition) is 2. The van der Waals surface area contributed by atoms with E-state index in [2.05, 4.69) is 10.6 Å². The van der Waals surface area contributed by atoms with Gasteiger partial charge in [0.1, 0.15) is 6.04 Å². The first kappa shape index (κ1) is 13.6. The zero-order valence-electron chi connectivity index (χ0n) is 11.8. The molecule has 6 heteroatoms. The minimum absolute atomic E-state index is 0.0827. The monoisotopic (exact) mass is 287 g/mol. The minimum atomic E-state index is -0.446. The fraction of sp³-hybridized carbons (Fsp3) is 0.400. The third-order valence-corrected chi connectivity index (χ3v) is 4.00. The van der Waals surface area contributed by atoms with Crippen molar-refractivity contribution in [3.63, 3.8) is 0 Å². The Balaban J connectivity index is 1.74. The molecular formula is C15H17N3O3. The fourth-order valence-electron chi connectivity index (χ4n) is 2.77. The molecule has 2 N–H and O–H groups in total. The molecule has 0 saturated carbocycles. The van der Waals surface area contributed by atoms with Gasteiger partial charge < -0.3 is 15.5 Å². The summed E-state index contributed by atoms with van der Waals surface area (Å²) in [6.07, 6.45) is 2.10. The molecule has 1 atom stereocenters. The molecule has 21 heavy (non-hydrogen) atoms. The zero-order chi connectivity index (χ0) is 15.0. The number of amides is 3. The predicted octanol–water partition coefficient (Wildman–Crippen LogP) is 0.813. The topological polar surface area (TPSA) is 78.5 Å². The van der Waals surface area contributed by atoms with E-state index in [1.54, 1.807) is 18.0 Å². The van der Waals surface area contributed by atoms with Gasteiger partial charge in [-0.05, 0) is 36.6 Å². The van der Waals surface area contributed by atoms with Gasteiger partial charge in [0.15, 0.2) is 0 Å². The highest BCUT2D eigenvalue weighted by Crippen LogP contribution is 2.29. The van der Waals surface area contributed by atoms with Crippen molar-refractivity contribution >= 4 is 29.1 Å². The second-order valence-electron chi connectivity index (χ2n) is 5.44. The molecule has 1 fully saturated rings. The van der Waals surface area contributed by atoms with Gasteiger partial charge in [-0.2, -0.15) is 0 Å². The van der Waals surface area contributed by atoms with E-state index >= 15 is 0 Å². The Morgan fingerprint density at radius 3 is 2.81 bits per heavy atom. The van der Waals surface area contributed by atoms with Gasteiger partial charge in [-0.25, -0.2) is 0 Å². The van der Waals surface area contributed by atoms with Crippen molar-refractivity contribution in [3.8, 4) is 0 Å². The van der Waals surface area contributed by atoms with E-state index in [0.717, 1.165) is 11.3 Å². The maximum absolute atomic E-state index is 12.1. The zero-order valence-corrected chi connectivity index (χ0v) is 11.8. The van der Waals surface area contributed by atoms with Crippen LogP contribution in [0.3, 0.4) is 0 Å². The molecule has 3 amide bonds. The predicted molar refractivity (Wildman–Crippen MR) is 78.0 cm³/mol. The Morgan fingerprint density at radius 2 is 2.10 bits per heavy atom. The summed E-state index contributed by atoms with van der Waals surface area (Å²) in [6, 6.07) is 5.07. The Hall–Kier alpha value is -2.37. The molecule has 1 unspecified atom stereocenters. The van der Waals surface area contributed by atoms with Gasteiger partial charge in [0.05, 0.1) is 0 Å². The summed E-state index contributed by atoms with van der Waals surface area (Å²) >= 11 is 0. The molecule has 2 aliphatic rings. The maximum atomic E-state index is 12.1. The SMILES string of the molecule is CN1C(=O)CCc2cc(NC(=O)C3CCC(=O)N3)ccc21. The van der Waals surface area contributed by atoms with Crippen molar-refractivity contribution in [2.45, 2.75) is 31.7 Å². The lowest BCUT2D eigenvalue weighted by atomic mass is 10.0. The molecule has 0 bridgehead atoms. The summed E-state index contributed by atoms with van der Waals surface area (Å²) < 4.78 is 0. The molecule has 0 spiro atoms. The van der Waals surface area contributed by atoms with E-state index in [1.165, 1.54) is 0 Å². The van der Waals surface area contributed by atoms with Crippen LogP contribution in [0.25, 0.3) is 0 Å². The van der Waals surface area contributed by atoms with E-state index in [-0.39, 0.29) is 17.7 Å². The number of rotatable bonds is 2. The van der Waals surface area contributed by atoms with Crippen LogP contribution in [0.1, 0.15) is 24.8 Å². The second kappa shape index (κ2) is 5.20. The van der Waals surface area contributed by atoms with Crippen LogP contribution in [0, 0.1) is 0 Å². The maximum Gasteiger partial charge on any atom is 0.246 e. The van der Waals surface area contributed by atoms with Crippen molar-refractivity contribution in [2.24, 2.45) is 0 Å². The van der Waals surface area contributed by atoms with Gasteiger partial charge in [-0.1, -0.05) is 0 Å². The third kappa shape index (κ3) is 2.61. The fourth-order valence-corrected chi connectivity index (χ4v) is 2.77. The van der Waals surface area contributed by atoms with Crippen LogP contribution in [0.4, 0.5) is 11.4 Å². The molecule has 0 radical (unpaired) electrons. The smallest absolute Gasteiger partial charge is 0.246 e. The number of benzene rings is 1. The lowest BCUT2D eigenvalue weighted by Gasteiger charge is -2.26. The first-order valence-corrected chi connectivity index (χ1v) is 7.04. The van der Waals surface area contributed by atoms with E-state index in [4.69, 9.17) is 0 Å². The number of carbonyl (C=O) groups is 3. The summed E-state index contributed by atoms with van der Waals surface area (Å²) in [6.45, 7) is 0. The Morgan fingerprint density at radius 1 is 1.29 bits per heavy atom. The molecule has 1 aromatic carbocycles. The molecule has 2 aliphatic heterocycles. The summed E-state index contributed by atoms with van der Waals surface area (Å²) in [4.78, 5) is 36.5. The Bertz CT molecular complexity index is 627. The van der Waals surface area contributed by atoms with Gasteiger partial charge in [0, 0.05) is 31.3 Å². The number of fused-ring (bicyclic) bond motifs is 1. The van der Waals surface area contributed by atoms with E-state index < -0.39 is 6.04 Å². The molecule has 6 nitrogen and oxygen atoms in total. The van der Waals surface area contributed by atoms with Gasteiger partial charge in [-0.15, -0.1) is 0 Å².